The Kier molecular flexibility index (Phi) is 2.84. The molecule has 1 aromatic rings. The van der Waals surface area contributed by atoms with Gasteiger partial charge in [0.05, 0.1) is 5.69 Å². The highest BCUT2D eigenvalue weighted by Gasteiger charge is 1.94. The zero-order valence-electron chi connectivity index (χ0n) is 7.04. The fourth-order valence-electron chi connectivity index (χ4n) is 1.06. The molecule has 1 nitrogen and oxygen atoms in total. The molecule has 0 radical (unpaired) electrons. The largest absolute Gasteiger partial charge is 0.257 e. The molecule has 0 aromatic carbocycles. The molecule has 1 aromatic heterocycles. The van der Waals surface area contributed by atoms with Gasteiger partial charge in [0.1, 0.15) is 0 Å². The Balaban J connectivity index is 3.02. The summed E-state index contributed by atoms with van der Waals surface area (Å²) in [5, 5.41) is 0. The Labute approximate surface area is 67.8 Å². The van der Waals surface area contributed by atoms with E-state index in [1.165, 1.54) is 5.56 Å². The summed E-state index contributed by atoms with van der Waals surface area (Å²) in [7, 11) is 0. The average Bonchev–Trinajstić information content (AvgIpc) is 2.06. The van der Waals surface area contributed by atoms with E-state index in [1.807, 2.05) is 31.3 Å². The van der Waals surface area contributed by atoms with Crippen molar-refractivity contribution in [2.45, 2.75) is 20.3 Å². The van der Waals surface area contributed by atoms with Crippen LogP contribution in [0.15, 0.2) is 24.4 Å². The third kappa shape index (κ3) is 1.90. The SMILES string of the molecule is C/C=C\c1ncccc1CC. The Hall–Kier alpha value is -1.11. The van der Waals surface area contributed by atoms with Crippen LogP contribution in [0.1, 0.15) is 25.1 Å². The standard InChI is InChI=1S/C10H13N/c1-3-6-10-9(4-2)7-5-8-11-10/h3,5-8H,4H2,1-2H3/b6-3-. The van der Waals surface area contributed by atoms with E-state index in [2.05, 4.69) is 18.0 Å². The molecule has 1 rings (SSSR count). The van der Waals surface area contributed by atoms with Gasteiger partial charge in [0.25, 0.3) is 0 Å². The zero-order chi connectivity index (χ0) is 8.10. The van der Waals surface area contributed by atoms with Crippen LogP contribution < -0.4 is 0 Å². The summed E-state index contributed by atoms with van der Waals surface area (Å²) in [4.78, 5) is 4.25. The number of nitrogens with zero attached hydrogens (tertiary/aromatic N) is 1. The smallest absolute Gasteiger partial charge is 0.0658 e. The van der Waals surface area contributed by atoms with E-state index in [4.69, 9.17) is 0 Å². The number of hydrogen-bond acceptors (Lipinski definition) is 1. The third-order valence-corrected chi connectivity index (χ3v) is 1.63. The van der Waals surface area contributed by atoms with Crippen LogP contribution in [0, 0.1) is 0 Å². The van der Waals surface area contributed by atoms with Crippen molar-refractivity contribution in [1.29, 1.82) is 0 Å². The lowest BCUT2D eigenvalue weighted by atomic mass is 10.1. The van der Waals surface area contributed by atoms with Crippen molar-refractivity contribution in [3.05, 3.63) is 35.7 Å². The van der Waals surface area contributed by atoms with Crippen molar-refractivity contribution in [3.63, 3.8) is 0 Å². The van der Waals surface area contributed by atoms with E-state index in [0.717, 1.165) is 12.1 Å². The monoisotopic (exact) mass is 147 g/mol. The minimum atomic E-state index is 1.05. The van der Waals surface area contributed by atoms with Gasteiger partial charge in [-0.2, -0.15) is 0 Å². The first-order valence-electron chi connectivity index (χ1n) is 3.95. The van der Waals surface area contributed by atoms with Crippen LogP contribution in [-0.4, -0.2) is 4.98 Å². The molecule has 0 saturated heterocycles. The minimum absolute atomic E-state index is 1.05. The maximum Gasteiger partial charge on any atom is 0.0658 e. The molecule has 0 N–H and O–H groups in total. The number of aromatic nitrogens is 1. The van der Waals surface area contributed by atoms with Crippen molar-refractivity contribution < 1.29 is 0 Å². The van der Waals surface area contributed by atoms with E-state index >= 15 is 0 Å². The fourth-order valence-corrected chi connectivity index (χ4v) is 1.06. The number of aryl methyl sites for hydroxylation is 1. The van der Waals surface area contributed by atoms with E-state index in [1.54, 1.807) is 0 Å². The summed E-state index contributed by atoms with van der Waals surface area (Å²) in [5.41, 5.74) is 2.41. The van der Waals surface area contributed by atoms with Crippen LogP contribution in [0.25, 0.3) is 6.08 Å². The summed E-state index contributed by atoms with van der Waals surface area (Å²) >= 11 is 0. The molecule has 0 unspecified atom stereocenters. The van der Waals surface area contributed by atoms with Crippen LogP contribution in [0.4, 0.5) is 0 Å². The molecule has 0 saturated carbocycles. The molecule has 1 heterocycles. The van der Waals surface area contributed by atoms with Crippen molar-refractivity contribution in [2.24, 2.45) is 0 Å². The van der Waals surface area contributed by atoms with Crippen LogP contribution in [-0.2, 0) is 6.42 Å². The molecule has 1 heteroatoms. The summed E-state index contributed by atoms with van der Waals surface area (Å²) in [6, 6.07) is 4.09. The van der Waals surface area contributed by atoms with Crippen molar-refractivity contribution in [3.8, 4) is 0 Å². The second-order valence-electron chi connectivity index (χ2n) is 2.40. The zero-order valence-corrected chi connectivity index (χ0v) is 7.04. The Morgan fingerprint density at radius 2 is 2.36 bits per heavy atom. The van der Waals surface area contributed by atoms with Gasteiger partial charge in [0.15, 0.2) is 0 Å². The molecular weight excluding hydrogens is 134 g/mol. The Morgan fingerprint density at radius 3 is 3.00 bits per heavy atom. The number of rotatable bonds is 2. The lowest BCUT2D eigenvalue weighted by Gasteiger charge is -1.99. The maximum atomic E-state index is 4.25. The first kappa shape index (κ1) is 7.99. The number of hydrogen-bond donors (Lipinski definition) is 0. The predicted octanol–water partition coefficient (Wildman–Crippen LogP) is 2.68. The molecular formula is C10H13N. The quantitative estimate of drug-likeness (QED) is 0.626. The molecule has 0 bridgehead atoms. The molecule has 0 aliphatic rings. The highest BCUT2D eigenvalue weighted by atomic mass is 14.7. The lowest BCUT2D eigenvalue weighted by molar-refractivity contribution is 1.09. The summed E-state index contributed by atoms with van der Waals surface area (Å²) in [6.45, 7) is 4.15. The lowest BCUT2D eigenvalue weighted by Crippen LogP contribution is -1.88. The van der Waals surface area contributed by atoms with Gasteiger partial charge in [0.2, 0.25) is 0 Å². The summed E-state index contributed by atoms with van der Waals surface area (Å²) in [5.74, 6) is 0. The molecule has 0 atom stereocenters. The normalized spacial score (nSPS) is 10.7. The topological polar surface area (TPSA) is 12.9 Å². The van der Waals surface area contributed by atoms with Crippen LogP contribution >= 0.6 is 0 Å². The number of allylic oxidation sites excluding steroid dienone is 1. The molecule has 58 valence electrons. The van der Waals surface area contributed by atoms with Crippen LogP contribution in [0.2, 0.25) is 0 Å². The van der Waals surface area contributed by atoms with E-state index < -0.39 is 0 Å². The summed E-state index contributed by atoms with van der Waals surface area (Å²) in [6.07, 6.45) is 6.93. The Bertz CT molecular complexity index is 251. The van der Waals surface area contributed by atoms with E-state index in [-0.39, 0.29) is 0 Å². The first-order valence-corrected chi connectivity index (χ1v) is 3.95. The van der Waals surface area contributed by atoms with Gasteiger partial charge >= 0.3 is 0 Å². The van der Waals surface area contributed by atoms with E-state index in [0.29, 0.717) is 0 Å². The molecule has 0 fully saturated rings. The van der Waals surface area contributed by atoms with Gasteiger partial charge in [-0.1, -0.05) is 19.1 Å². The van der Waals surface area contributed by atoms with Crippen molar-refractivity contribution in [2.75, 3.05) is 0 Å². The first-order chi connectivity index (χ1) is 5.38. The van der Waals surface area contributed by atoms with Gasteiger partial charge in [-0.05, 0) is 31.1 Å². The van der Waals surface area contributed by atoms with Crippen molar-refractivity contribution >= 4 is 6.08 Å². The highest BCUT2D eigenvalue weighted by Crippen LogP contribution is 2.07. The maximum absolute atomic E-state index is 4.25. The van der Waals surface area contributed by atoms with E-state index in [9.17, 15) is 0 Å². The van der Waals surface area contributed by atoms with Gasteiger partial charge in [-0.25, -0.2) is 0 Å². The predicted molar refractivity (Wildman–Crippen MR) is 48.3 cm³/mol. The number of pyridine rings is 1. The molecule has 0 aliphatic carbocycles. The molecule has 0 spiro atoms. The van der Waals surface area contributed by atoms with Crippen molar-refractivity contribution in [1.82, 2.24) is 4.98 Å². The highest BCUT2D eigenvalue weighted by molar-refractivity contribution is 5.48. The third-order valence-electron chi connectivity index (χ3n) is 1.63. The van der Waals surface area contributed by atoms with Gasteiger partial charge in [-0.15, -0.1) is 0 Å². The van der Waals surface area contributed by atoms with Gasteiger partial charge in [-0.3, -0.25) is 4.98 Å². The Morgan fingerprint density at radius 1 is 1.55 bits per heavy atom. The molecule has 0 amide bonds. The second kappa shape index (κ2) is 3.91. The van der Waals surface area contributed by atoms with Crippen LogP contribution in [0.5, 0.6) is 0 Å². The van der Waals surface area contributed by atoms with Crippen LogP contribution in [0.3, 0.4) is 0 Å². The average molecular weight is 147 g/mol. The molecule has 11 heavy (non-hydrogen) atoms. The van der Waals surface area contributed by atoms with Gasteiger partial charge < -0.3 is 0 Å². The summed E-state index contributed by atoms with van der Waals surface area (Å²) < 4.78 is 0. The second-order valence-corrected chi connectivity index (χ2v) is 2.40. The molecule has 0 aliphatic heterocycles. The van der Waals surface area contributed by atoms with Gasteiger partial charge in [0, 0.05) is 6.20 Å². The minimum Gasteiger partial charge on any atom is -0.257 e. The fraction of sp³-hybridized carbons (Fsp3) is 0.300.